The summed E-state index contributed by atoms with van der Waals surface area (Å²) in [4.78, 5) is 31.9. The van der Waals surface area contributed by atoms with Gasteiger partial charge in [0.1, 0.15) is 18.4 Å². The number of carbonyl (C=O) groups excluding carboxylic acids is 1. The molecule has 0 fully saturated rings. The van der Waals surface area contributed by atoms with Gasteiger partial charge < -0.3 is 18.9 Å². The van der Waals surface area contributed by atoms with Crippen molar-refractivity contribution in [1.29, 1.82) is 0 Å². The summed E-state index contributed by atoms with van der Waals surface area (Å²) in [5, 5.41) is 1.46. The Morgan fingerprint density at radius 1 is 0.953 bits per heavy atom. The fourth-order valence-electron chi connectivity index (χ4n) is 4.74. The zero-order valence-corrected chi connectivity index (χ0v) is 26.5. The number of ether oxygens (including phenoxy) is 4. The van der Waals surface area contributed by atoms with Crippen LogP contribution in [0.15, 0.2) is 75.7 Å². The molecule has 8 nitrogen and oxygen atoms in total. The molecule has 0 N–H and O–H groups in total. The third-order valence-corrected chi connectivity index (χ3v) is 8.60. The number of fused-ring (bicyclic) bond motifs is 1. The maximum absolute atomic E-state index is 13.9. The molecule has 2 heterocycles. The molecule has 1 aliphatic rings. The van der Waals surface area contributed by atoms with Gasteiger partial charge in [0.2, 0.25) is 0 Å². The molecule has 0 saturated heterocycles. The smallest absolute Gasteiger partial charge is 0.338 e. The summed E-state index contributed by atoms with van der Waals surface area (Å²) in [6.07, 6.45) is 1.73. The van der Waals surface area contributed by atoms with Gasteiger partial charge in [0.25, 0.3) is 5.56 Å². The number of methoxy groups -OCH3 is 3. The number of rotatable bonds is 8. The van der Waals surface area contributed by atoms with Crippen molar-refractivity contribution >= 4 is 58.2 Å². The van der Waals surface area contributed by atoms with Crippen molar-refractivity contribution in [2.75, 3.05) is 21.3 Å². The SMILES string of the molecule is COC(=O)C1=C(C)N=c2s/c(=C\c3ccc(OCc4ccc(Cl)cc4Cl)c(OC)c3)c(=O)n2[C@@H]1c1cc(Cl)ccc1OC. The standard InChI is InChI=1S/C31H25Cl3N2O6S/c1-16-27(30(38)41-4)28(21-13-19(32)8-10-23(21)39-2)36-29(37)26(43-31(36)35-16)12-17-5-9-24(25(11-17)40-3)42-15-18-6-7-20(33)14-22(18)34/h5-14,28H,15H2,1-4H3/b26-12-/t28-/m1/s1. The first kappa shape index (κ1) is 30.7. The topological polar surface area (TPSA) is 88.4 Å². The summed E-state index contributed by atoms with van der Waals surface area (Å²) in [5.74, 6) is 0.818. The Morgan fingerprint density at radius 3 is 2.35 bits per heavy atom. The van der Waals surface area contributed by atoms with Crippen LogP contribution in [-0.2, 0) is 16.1 Å². The fraction of sp³-hybridized carbons (Fsp3) is 0.194. The number of allylic oxidation sites excluding steroid dienone is 1. The van der Waals surface area contributed by atoms with Gasteiger partial charge in [-0.05, 0) is 61.0 Å². The lowest BCUT2D eigenvalue weighted by atomic mass is 9.95. The molecule has 0 unspecified atom stereocenters. The first-order valence-electron chi connectivity index (χ1n) is 12.8. The third kappa shape index (κ3) is 6.17. The van der Waals surface area contributed by atoms with E-state index in [0.717, 1.165) is 5.56 Å². The van der Waals surface area contributed by atoms with Gasteiger partial charge in [-0.1, -0.05) is 58.3 Å². The van der Waals surface area contributed by atoms with Gasteiger partial charge in [-0.3, -0.25) is 9.36 Å². The lowest BCUT2D eigenvalue weighted by Gasteiger charge is -2.25. The van der Waals surface area contributed by atoms with Gasteiger partial charge in [0.05, 0.1) is 37.1 Å². The molecule has 0 saturated carbocycles. The summed E-state index contributed by atoms with van der Waals surface area (Å²) < 4.78 is 24.1. The molecule has 0 spiro atoms. The van der Waals surface area contributed by atoms with Crippen LogP contribution in [0.4, 0.5) is 0 Å². The highest BCUT2D eigenvalue weighted by molar-refractivity contribution is 7.07. The molecule has 43 heavy (non-hydrogen) atoms. The molecule has 0 aliphatic carbocycles. The minimum Gasteiger partial charge on any atom is -0.496 e. The summed E-state index contributed by atoms with van der Waals surface area (Å²) in [7, 11) is 4.32. The van der Waals surface area contributed by atoms with E-state index in [4.69, 9.17) is 53.8 Å². The van der Waals surface area contributed by atoms with Gasteiger partial charge in [-0.15, -0.1) is 0 Å². The van der Waals surface area contributed by atoms with E-state index in [9.17, 15) is 9.59 Å². The number of halogens is 3. The molecular weight excluding hydrogens is 635 g/mol. The Hall–Kier alpha value is -3.76. The van der Waals surface area contributed by atoms with Crippen LogP contribution < -0.4 is 29.1 Å². The Balaban J connectivity index is 1.57. The van der Waals surface area contributed by atoms with Crippen molar-refractivity contribution in [3.63, 3.8) is 0 Å². The molecule has 3 aromatic carbocycles. The predicted octanol–water partition coefficient (Wildman–Crippen LogP) is 5.96. The highest BCUT2D eigenvalue weighted by Crippen LogP contribution is 2.37. The zero-order valence-electron chi connectivity index (χ0n) is 23.4. The number of hydrogen-bond donors (Lipinski definition) is 0. The first-order valence-corrected chi connectivity index (χ1v) is 14.8. The second-order valence-electron chi connectivity index (χ2n) is 9.39. The first-order chi connectivity index (χ1) is 20.6. The minimum absolute atomic E-state index is 0.207. The van der Waals surface area contributed by atoms with Gasteiger partial charge in [-0.2, -0.15) is 0 Å². The summed E-state index contributed by atoms with van der Waals surface area (Å²) in [5.41, 5.74) is 2.29. The van der Waals surface area contributed by atoms with E-state index in [1.807, 2.05) is 6.07 Å². The van der Waals surface area contributed by atoms with Crippen molar-refractivity contribution < 1.29 is 23.7 Å². The van der Waals surface area contributed by atoms with Crippen molar-refractivity contribution in [3.8, 4) is 17.2 Å². The Bertz CT molecular complexity index is 1950. The number of hydrogen-bond acceptors (Lipinski definition) is 8. The number of carbonyl (C=O) groups is 1. The van der Waals surface area contributed by atoms with E-state index in [2.05, 4.69) is 4.99 Å². The van der Waals surface area contributed by atoms with E-state index in [1.165, 1.54) is 37.2 Å². The average molecular weight is 660 g/mol. The van der Waals surface area contributed by atoms with E-state index >= 15 is 0 Å². The molecule has 0 radical (unpaired) electrons. The summed E-state index contributed by atoms with van der Waals surface area (Å²) in [6.45, 7) is 1.91. The van der Waals surface area contributed by atoms with Crippen molar-refractivity contribution in [2.45, 2.75) is 19.6 Å². The number of thiazole rings is 1. The number of esters is 1. The highest BCUT2D eigenvalue weighted by Gasteiger charge is 2.35. The van der Waals surface area contributed by atoms with Crippen molar-refractivity contribution in [1.82, 2.24) is 4.57 Å². The minimum atomic E-state index is -0.871. The Labute approximate surface area is 266 Å². The van der Waals surface area contributed by atoms with Crippen LogP contribution >= 0.6 is 46.1 Å². The van der Waals surface area contributed by atoms with E-state index in [1.54, 1.807) is 61.5 Å². The van der Waals surface area contributed by atoms with Crippen molar-refractivity contribution in [3.05, 3.63) is 117 Å². The molecule has 1 aliphatic heterocycles. The maximum Gasteiger partial charge on any atom is 0.338 e. The van der Waals surface area contributed by atoms with Crippen LogP contribution in [0.5, 0.6) is 17.2 Å². The summed E-state index contributed by atoms with van der Waals surface area (Å²) >= 11 is 19.8. The second-order valence-corrected chi connectivity index (χ2v) is 11.7. The van der Waals surface area contributed by atoms with Gasteiger partial charge in [-0.25, -0.2) is 9.79 Å². The van der Waals surface area contributed by atoms with Crippen LogP contribution in [0.3, 0.4) is 0 Å². The molecular formula is C31H25Cl3N2O6S. The average Bonchev–Trinajstić information content (AvgIpc) is 3.29. The second kappa shape index (κ2) is 12.9. The highest BCUT2D eigenvalue weighted by atomic mass is 35.5. The lowest BCUT2D eigenvalue weighted by Crippen LogP contribution is -2.40. The van der Waals surface area contributed by atoms with E-state index in [0.29, 0.717) is 58.5 Å². The van der Waals surface area contributed by atoms with E-state index < -0.39 is 12.0 Å². The van der Waals surface area contributed by atoms with Crippen LogP contribution in [0.1, 0.15) is 29.7 Å². The zero-order chi connectivity index (χ0) is 30.8. The molecule has 0 bridgehead atoms. The van der Waals surface area contributed by atoms with Gasteiger partial charge >= 0.3 is 5.97 Å². The normalized spacial score (nSPS) is 14.7. The third-order valence-electron chi connectivity index (χ3n) is 6.80. The Morgan fingerprint density at radius 2 is 1.65 bits per heavy atom. The van der Waals surface area contributed by atoms with Crippen LogP contribution in [0.25, 0.3) is 6.08 Å². The predicted molar refractivity (Wildman–Crippen MR) is 168 cm³/mol. The monoisotopic (exact) mass is 658 g/mol. The molecule has 222 valence electrons. The largest absolute Gasteiger partial charge is 0.496 e. The summed E-state index contributed by atoms with van der Waals surface area (Å²) in [6, 6.07) is 14.7. The number of aromatic nitrogens is 1. The van der Waals surface area contributed by atoms with Gasteiger partial charge in [0.15, 0.2) is 16.3 Å². The van der Waals surface area contributed by atoms with Crippen LogP contribution in [-0.4, -0.2) is 31.9 Å². The molecule has 5 rings (SSSR count). The Kier molecular flexibility index (Phi) is 9.17. The van der Waals surface area contributed by atoms with E-state index in [-0.39, 0.29) is 17.7 Å². The van der Waals surface area contributed by atoms with Crippen molar-refractivity contribution in [2.24, 2.45) is 4.99 Å². The molecule has 1 atom stereocenters. The molecule has 4 aromatic rings. The van der Waals surface area contributed by atoms with Crippen LogP contribution in [0, 0.1) is 0 Å². The maximum atomic E-state index is 13.9. The van der Waals surface area contributed by atoms with Gasteiger partial charge in [0, 0.05) is 26.2 Å². The molecule has 12 heteroatoms. The number of benzene rings is 3. The lowest BCUT2D eigenvalue weighted by molar-refractivity contribution is -0.136. The fourth-order valence-corrected chi connectivity index (χ4v) is 6.43. The van der Waals surface area contributed by atoms with Crippen LogP contribution in [0.2, 0.25) is 15.1 Å². The quantitative estimate of drug-likeness (QED) is 0.217. The number of nitrogens with zero attached hydrogens (tertiary/aromatic N) is 2. The molecule has 0 amide bonds. The molecule has 1 aromatic heterocycles.